The van der Waals surface area contributed by atoms with Crippen LogP contribution in [0.25, 0.3) is 22.6 Å². The summed E-state index contributed by atoms with van der Waals surface area (Å²) in [5.41, 5.74) is 11.2. The summed E-state index contributed by atoms with van der Waals surface area (Å²) in [4.78, 5) is 19.9. The first-order valence-corrected chi connectivity index (χ1v) is 12.6. The van der Waals surface area contributed by atoms with Gasteiger partial charge in [-0.15, -0.1) is 0 Å². The molecule has 3 N–H and O–H groups in total. The van der Waals surface area contributed by atoms with Gasteiger partial charge in [0.05, 0.1) is 17.6 Å². The van der Waals surface area contributed by atoms with Crippen molar-refractivity contribution in [2.75, 3.05) is 38.6 Å². The van der Waals surface area contributed by atoms with Crippen molar-refractivity contribution < 1.29 is 4.74 Å². The lowest BCUT2D eigenvalue weighted by atomic mass is 10.1. The van der Waals surface area contributed by atoms with Crippen LogP contribution in [0.1, 0.15) is 24.0 Å². The number of fused-ring (bicyclic) bond motifs is 1. The molecule has 1 aliphatic rings. The highest BCUT2D eigenvalue weighted by Gasteiger charge is 2.12. The van der Waals surface area contributed by atoms with Crippen molar-refractivity contribution in [1.29, 1.82) is 0 Å². The Morgan fingerprint density at radius 3 is 2.73 bits per heavy atom. The summed E-state index contributed by atoms with van der Waals surface area (Å²) in [5, 5.41) is 3.38. The van der Waals surface area contributed by atoms with Crippen LogP contribution in [0.3, 0.4) is 0 Å². The van der Waals surface area contributed by atoms with Crippen LogP contribution in [0.5, 0.6) is 5.75 Å². The minimum atomic E-state index is 0.631. The lowest BCUT2D eigenvalue weighted by Crippen LogP contribution is -2.25. The molecule has 1 aromatic carbocycles. The van der Waals surface area contributed by atoms with E-state index in [0.717, 1.165) is 51.8 Å². The number of imidazole rings is 1. The molecule has 4 aromatic rings. The average Bonchev–Trinajstić information content (AvgIpc) is 3.61. The Labute approximate surface area is 216 Å². The van der Waals surface area contributed by atoms with Crippen molar-refractivity contribution in [3.63, 3.8) is 0 Å². The smallest absolute Gasteiger partial charge is 0.140 e. The van der Waals surface area contributed by atoms with Gasteiger partial charge in [0.2, 0.25) is 0 Å². The second-order valence-corrected chi connectivity index (χ2v) is 8.98. The van der Waals surface area contributed by atoms with E-state index in [-0.39, 0.29) is 0 Å². The molecule has 0 unspecified atom stereocenters. The summed E-state index contributed by atoms with van der Waals surface area (Å²) >= 11 is 0. The summed E-state index contributed by atoms with van der Waals surface area (Å²) in [6, 6.07) is 14.1. The Hall–Kier alpha value is -4.24. The molecule has 9 heteroatoms. The van der Waals surface area contributed by atoms with Crippen molar-refractivity contribution in [3.8, 4) is 17.1 Å². The van der Waals surface area contributed by atoms with Crippen molar-refractivity contribution >= 4 is 23.3 Å². The van der Waals surface area contributed by atoms with Crippen LogP contribution in [0.2, 0.25) is 0 Å². The highest BCUT2D eigenvalue weighted by molar-refractivity contribution is 6.09. The fraction of sp³-hybridized carbons (Fsp3) is 0.286. The van der Waals surface area contributed by atoms with E-state index in [2.05, 4.69) is 42.3 Å². The first kappa shape index (κ1) is 24.5. The van der Waals surface area contributed by atoms with Crippen molar-refractivity contribution in [3.05, 3.63) is 78.5 Å². The number of nitrogens with one attached hydrogen (secondary N) is 1. The first-order chi connectivity index (χ1) is 18.2. The van der Waals surface area contributed by atoms with E-state index in [4.69, 9.17) is 10.5 Å². The third-order valence-electron chi connectivity index (χ3n) is 6.50. The second-order valence-electron chi connectivity index (χ2n) is 8.98. The molecule has 0 saturated carbocycles. The number of anilines is 1. The zero-order valence-corrected chi connectivity index (χ0v) is 21.0. The zero-order valence-electron chi connectivity index (χ0n) is 21.0. The molecule has 5 rings (SSSR count). The molecule has 1 saturated heterocycles. The number of nitrogens with zero attached hydrogens (tertiary/aromatic N) is 6. The lowest BCUT2D eigenvalue weighted by molar-refractivity contribution is 0.238. The van der Waals surface area contributed by atoms with Crippen LogP contribution in [0, 0.1) is 0 Å². The summed E-state index contributed by atoms with van der Waals surface area (Å²) in [6.07, 6.45) is 11.3. The largest absolute Gasteiger partial charge is 0.492 e. The van der Waals surface area contributed by atoms with Crippen LogP contribution in [0.4, 0.5) is 5.82 Å². The van der Waals surface area contributed by atoms with Gasteiger partial charge in [0.1, 0.15) is 30.1 Å². The minimum absolute atomic E-state index is 0.631. The average molecular weight is 497 g/mol. The van der Waals surface area contributed by atoms with Crippen molar-refractivity contribution in [2.45, 2.75) is 19.4 Å². The second kappa shape index (κ2) is 11.7. The number of pyridine rings is 1. The number of likely N-dealkylation sites (tertiary alicyclic amines) is 1. The van der Waals surface area contributed by atoms with E-state index in [9.17, 15) is 0 Å². The highest BCUT2D eigenvalue weighted by atomic mass is 16.5. The number of hydrogen-bond donors (Lipinski definition) is 2. The quantitative estimate of drug-likeness (QED) is 0.321. The third-order valence-corrected chi connectivity index (χ3v) is 6.50. The molecule has 190 valence electrons. The SMILES string of the molecule is CN=CC(=CN)c1ccc(CNc2cc(-c3cnc4cc(OCCN5CCCC5)ccn34)ncn2)cc1. The molecule has 37 heavy (non-hydrogen) atoms. The van der Waals surface area contributed by atoms with Gasteiger partial charge in [-0.05, 0) is 43.1 Å². The maximum absolute atomic E-state index is 5.98. The topological polar surface area (TPSA) is 106 Å². The molecule has 0 bridgehead atoms. The third kappa shape index (κ3) is 5.95. The van der Waals surface area contributed by atoms with E-state index >= 15 is 0 Å². The van der Waals surface area contributed by atoms with Gasteiger partial charge >= 0.3 is 0 Å². The number of rotatable bonds is 10. The van der Waals surface area contributed by atoms with Gasteiger partial charge in [0.15, 0.2) is 0 Å². The molecule has 1 fully saturated rings. The molecule has 4 heterocycles. The minimum Gasteiger partial charge on any atom is -0.492 e. The van der Waals surface area contributed by atoms with Gasteiger partial charge in [-0.1, -0.05) is 24.3 Å². The molecular weight excluding hydrogens is 464 g/mol. The summed E-state index contributed by atoms with van der Waals surface area (Å²) in [7, 11) is 1.73. The number of allylic oxidation sites excluding steroid dienone is 1. The van der Waals surface area contributed by atoms with E-state index in [1.54, 1.807) is 25.8 Å². The molecule has 0 atom stereocenters. The predicted molar refractivity (Wildman–Crippen MR) is 148 cm³/mol. The zero-order chi connectivity index (χ0) is 25.5. The van der Waals surface area contributed by atoms with Crippen molar-refractivity contribution in [2.24, 2.45) is 10.7 Å². The number of aliphatic imine (C=N–C) groups is 1. The fourth-order valence-corrected chi connectivity index (χ4v) is 4.49. The molecule has 9 nitrogen and oxygen atoms in total. The van der Waals surface area contributed by atoms with E-state index in [1.807, 2.05) is 47.1 Å². The van der Waals surface area contributed by atoms with Crippen LogP contribution in [0.15, 0.2) is 72.4 Å². The predicted octanol–water partition coefficient (Wildman–Crippen LogP) is 3.88. The molecule has 3 aromatic heterocycles. The van der Waals surface area contributed by atoms with Gasteiger partial charge in [-0.3, -0.25) is 14.3 Å². The fourth-order valence-electron chi connectivity index (χ4n) is 4.49. The first-order valence-electron chi connectivity index (χ1n) is 12.6. The number of nitrogens with two attached hydrogens (primary N) is 1. The van der Waals surface area contributed by atoms with Crippen LogP contribution in [-0.4, -0.2) is 63.8 Å². The van der Waals surface area contributed by atoms with Gasteiger partial charge in [0, 0.05) is 56.5 Å². The molecule has 0 radical (unpaired) electrons. The summed E-state index contributed by atoms with van der Waals surface area (Å²) in [5.74, 6) is 1.57. The van der Waals surface area contributed by atoms with Gasteiger partial charge in [-0.25, -0.2) is 15.0 Å². The standard InChI is InChI=1S/C28H32N8O/c1-30-18-23(16-29)22-6-4-21(5-7-22)17-31-27-15-25(33-20-34-27)26-19-32-28-14-24(8-11-36(26)28)37-13-12-35-9-2-3-10-35/h4-8,11,14-16,18-20H,2-3,9-10,12-13,17,29H2,1H3,(H,31,33,34). The Morgan fingerprint density at radius 2 is 1.95 bits per heavy atom. The molecule has 0 amide bonds. The Balaban J connectivity index is 1.23. The van der Waals surface area contributed by atoms with Crippen LogP contribution >= 0.6 is 0 Å². The molecule has 0 spiro atoms. The lowest BCUT2D eigenvalue weighted by Gasteiger charge is -2.15. The van der Waals surface area contributed by atoms with Crippen LogP contribution in [-0.2, 0) is 6.54 Å². The van der Waals surface area contributed by atoms with Crippen LogP contribution < -0.4 is 15.8 Å². The number of aromatic nitrogens is 4. The van der Waals surface area contributed by atoms with Crippen molar-refractivity contribution in [1.82, 2.24) is 24.3 Å². The maximum Gasteiger partial charge on any atom is 0.140 e. The van der Waals surface area contributed by atoms with E-state index < -0.39 is 0 Å². The number of ether oxygens (including phenoxy) is 1. The normalized spacial score (nSPS) is 14.6. The molecule has 1 aliphatic heterocycles. The summed E-state index contributed by atoms with van der Waals surface area (Å²) < 4.78 is 7.99. The number of hydrogen-bond acceptors (Lipinski definition) is 8. The Kier molecular flexibility index (Phi) is 7.71. The summed E-state index contributed by atoms with van der Waals surface area (Å²) in [6.45, 7) is 4.63. The maximum atomic E-state index is 5.98. The Morgan fingerprint density at radius 1 is 1.11 bits per heavy atom. The van der Waals surface area contributed by atoms with E-state index in [1.165, 1.54) is 25.9 Å². The highest BCUT2D eigenvalue weighted by Crippen LogP contribution is 2.23. The molecular formula is C28H32N8O. The van der Waals surface area contributed by atoms with Gasteiger partial charge < -0.3 is 15.8 Å². The molecule has 0 aliphatic carbocycles. The number of benzene rings is 1. The van der Waals surface area contributed by atoms with E-state index in [0.29, 0.717) is 13.2 Å². The monoisotopic (exact) mass is 496 g/mol. The van der Waals surface area contributed by atoms with Gasteiger partial charge in [-0.2, -0.15) is 0 Å². The Bertz CT molecular complexity index is 1390. The van der Waals surface area contributed by atoms with Gasteiger partial charge in [0.25, 0.3) is 0 Å².